The highest BCUT2D eigenvalue weighted by molar-refractivity contribution is 5.59. The number of ether oxygens (including phenoxy) is 1. The SMILES string of the molecule is CCCC(N)c1cc(-c2ccc(OC(C)C)cc2)no1. The van der Waals surface area contributed by atoms with E-state index in [2.05, 4.69) is 12.1 Å². The second kappa shape index (κ2) is 6.57. The molecule has 1 heterocycles. The molecule has 0 saturated heterocycles. The zero-order valence-electron chi connectivity index (χ0n) is 12.3. The third-order valence-corrected chi connectivity index (χ3v) is 3.02. The lowest BCUT2D eigenvalue weighted by atomic mass is 10.1. The van der Waals surface area contributed by atoms with E-state index in [0.717, 1.165) is 35.6 Å². The predicted molar refractivity (Wildman–Crippen MR) is 79.5 cm³/mol. The molecule has 1 unspecified atom stereocenters. The number of hydrogen-bond donors (Lipinski definition) is 1. The first-order chi connectivity index (χ1) is 9.60. The van der Waals surface area contributed by atoms with Gasteiger partial charge >= 0.3 is 0 Å². The van der Waals surface area contributed by atoms with Gasteiger partial charge in [0.25, 0.3) is 0 Å². The molecule has 0 radical (unpaired) electrons. The molecule has 0 aliphatic rings. The zero-order chi connectivity index (χ0) is 14.5. The highest BCUT2D eigenvalue weighted by Gasteiger charge is 2.13. The average Bonchev–Trinajstić information content (AvgIpc) is 2.89. The maximum absolute atomic E-state index is 6.02. The largest absolute Gasteiger partial charge is 0.491 e. The first kappa shape index (κ1) is 14.6. The van der Waals surface area contributed by atoms with Crippen molar-refractivity contribution in [2.75, 3.05) is 0 Å². The van der Waals surface area contributed by atoms with Crippen LogP contribution in [0.5, 0.6) is 5.75 Å². The molecule has 20 heavy (non-hydrogen) atoms. The lowest BCUT2D eigenvalue weighted by Crippen LogP contribution is -2.08. The minimum atomic E-state index is -0.0789. The third kappa shape index (κ3) is 3.61. The van der Waals surface area contributed by atoms with Crippen molar-refractivity contribution in [1.82, 2.24) is 5.16 Å². The lowest BCUT2D eigenvalue weighted by Gasteiger charge is -2.09. The molecule has 0 saturated carbocycles. The smallest absolute Gasteiger partial charge is 0.154 e. The summed E-state index contributed by atoms with van der Waals surface area (Å²) in [5.74, 6) is 1.60. The summed E-state index contributed by atoms with van der Waals surface area (Å²) in [6, 6.07) is 9.67. The van der Waals surface area contributed by atoms with Crippen LogP contribution in [0.25, 0.3) is 11.3 Å². The molecular formula is C16H22N2O2. The highest BCUT2D eigenvalue weighted by atomic mass is 16.5. The number of benzene rings is 1. The molecule has 108 valence electrons. The van der Waals surface area contributed by atoms with Crippen LogP contribution in [0.2, 0.25) is 0 Å². The maximum atomic E-state index is 6.02. The van der Waals surface area contributed by atoms with E-state index in [9.17, 15) is 0 Å². The molecule has 0 amide bonds. The van der Waals surface area contributed by atoms with Gasteiger partial charge in [0.1, 0.15) is 11.4 Å². The summed E-state index contributed by atoms with van der Waals surface area (Å²) < 4.78 is 10.9. The van der Waals surface area contributed by atoms with Gasteiger partial charge in [-0.1, -0.05) is 18.5 Å². The summed E-state index contributed by atoms with van der Waals surface area (Å²) in [6.45, 7) is 6.12. The molecule has 1 atom stereocenters. The van der Waals surface area contributed by atoms with Gasteiger partial charge in [-0.05, 0) is 44.5 Å². The van der Waals surface area contributed by atoms with Crippen molar-refractivity contribution in [2.45, 2.75) is 45.8 Å². The van der Waals surface area contributed by atoms with Crippen LogP contribution in [-0.2, 0) is 0 Å². The van der Waals surface area contributed by atoms with Crippen LogP contribution in [0.4, 0.5) is 0 Å². The number of nitrogens with two attached hydrogens (primary N) is 1. The normalized spacial score (nSPS) is 12.7. The summed E-state index contributed by atoms with van der Waals surface area (Å²) in [4.78, 5) is 0. The van der Waals surface area contributed by atoms with Gasteiger partial charge in [-0.2, -0.15) is 0 Å². The van der Waals surface area contributed by atoms with Crippen molar-refractivity contribution in [3.05, 3.63) is 36.1 Å². The fraction of sp³-hybridized carbons (Fsp3) is 0.438. The van der Waals surface area contributed by atoms with Crippen molar-refractivity contribution in [3.63, 3.8) is 0 Å². The molecule has 0 fully saturated rings. The van der Waals surface area contributed by atoms with Crippen LogP contribution < -0.4 is 10.5 Å². The van der Waals surface area contributed by atoms with Crippen molar-refractivity contribution < 1.29 is 9.26 Å². The highest BCUT2D eigenvalue weighted by Crippen LogP contribution is 2.25. The molecule has 4 heteroatoms. The second-order valence-electron chi connectivity index (χ2n) is 5.20. The van der Waals surface area contributed by atoms with Crippen LogP contribution in [0.3, 0.4) is 0 Å². The minimum absolute atomic E-state index is 0.0789. The Labute approximate surface area is 119 Å². The van der Waals surface area contributed by atoms with E-state index >= 15 is 0 Å². The van der Waals surface area contributed by atoms with Gasteiger partial charge < -0.3 is 15.0 Å². The van der Waals surface area contributed by atoms with Crippen LogP contribution in [0.1, 0.15) is 45.4 Å². The first-order valence-electron chi connectivity index (χ1n) is 7.09. The number of rotatable bonds is 6. The Morgan fingerprint density at radius 1 is 1.25 bits per heavy atom. The summed E-state index contributed by atoms with van der Waals surface area (Å²) in [7, 11) is 0. The molecule has 1 aromatic carbocycles. The summed E-state index contributed by atoms with van der Waals surface area (Å²) in [5.41, 5.74) is 7.83. The standard InChI is InChI=1S/C16H22N2O2/c1-4-5-14(17)16-10-15(18-20-16)12-6-8-13(9-7-12)19-11(2)3/h6-11,14H,4-5,17H2,1-3H3. The molecule has 0 spiro atoms. The van der Waals surface area contributed by atoms with Crippen LogP contribution in [0, 0.1) is 0 Å². The Balaban J connectivity index is 2.11. The van der Waals surface area contributed by atoms with Gasteiger partial charge in [0, 0.05) is 11.6 Å². The molecule has 2 aromatic rings. The quantitative estimate of drug-likeness (QED) is 0.867. The minimum Gasteiger partial charge on any atom is -0.491 e. The Morgan fingerprint density at radius 2 is 1.95 bits per heavy atom. The van der Waals surface area contributed by atoms with Crippen molar-refractivity contribution in [2.24, 2.45) is 5.73 Å². The van der Waals surface area contributed by atoms with Crippen LogP contribution in [0.15, 0.2) is 34.9 Å². The van der Waals surface area contributed by atoms with E-state index in [1.165, 1.54) is 0 Å². The number of nitrogens with zero attached hydrogens (tertiary/aromatic N) is 1. The van der Waals surface area contributed by atoms with Crippen LogP contribution in [-0.4, -0.2) is 11.3 Å². The number of aromatic nitrogens is 1. The van der Waals surface area contributed by atoms with Gasteiger partial charge in [0.15, 0.2) is 5.76 Å². The number of hydrogen-bond acceptors (Lipinski definition) is 4. The van der Waals surface area contributed by atoms with Gasteiger partial charge in [-0.25, -0.2) is 0 Å². The van der Waals surface area contributed by atoms with E-state index in [4.69, 9.17) is 15.0 Å². The average molecular weight is 274 g/mol. The van der Waals surface area contributed by atoms with E-state index in [1.807, 2.05) is 44.2 Å². The molecule has 0 aliphatic heterocycles. The van der Waals surface area contributed by atoms with Gasteiger partial charge in [-0.3, -0.25) is 0 Å². The molecular weight excluding hydrogens is 252 g/mol. The third-order valence-electron chi connectivity index (χ3n) is 3.02. The molecule has 1 aromatic heterocycles. The van der Waals surface area contributed by atoms with Crippen molar-refractivity contribution in [1.29, 1.82) is 0 Å². The second-order valence-corrected chi connectivity index (χ2v) is 5.20. The van der Waals surface area contributed by atoms with E-state index in [1.54, 1.807) is 0 Å². The molecule has 0 bridgehead atoms. The van der Waals surface area contributed by atoms with E-state index in [0.29, 0.717) is 0 Å². The summed E-state index contributed by atoms with van der Waals surface area (Å²) in [5, 5.41) is 4.08. The van der Waals surface area contributed by atoms with Gasteiger partial charge in [0.2, 0.25) is 0 Å². The maximum Gasteiger partial charge on any atom is 0.154 e. The molecule has 2 rings (SSSR count). The molecule has 4 nitrogen and oxygen atoms in total. The van der Waals surface area contributed by atoms with Crippen LogP contribution >= 0.6 is 0 Å². The Morgan fingerprint density at radius 3 is 2.55 bits per heavy atom. The van der Waals surface area contributed by atoms with E-state index in [-0.39, 0.29) is 12.1 Å². The van der Waals surface area contributed by atoms with Gasteiger partial charge in [-0.15, -0.1) is 0 Å². The Kier molecular flexibility index (Phi) is 4.79. The van der Waals surface area contributed by atoms with Gasteiger partial charge in [0.05, 0.1) is 12.1 Å². The Bertz CT molecular complexity index is 532. The summed E-state index contributed by atoms with van der Waals surface area (Å²) in [6.07, 6.45) is 2.10. The molecule has 2 N–H and O–H groups in total. The van der Waals surface area contributed by atoms with Crippen molar-refractivity contribution >= 4 is 0 Å². The molecule has 0 aliphatic carbocycles. The van der Waals surface area contributed by atoms with Crippen molar-refractivity contribution in [3.8, 4) is 17.0 Å². The lowest BCUT2D eigenvalue weighted by molar-refractivity contribution is 0.242. The topological polar surface area (TPSA) is 61.3 Å². The Hall–Kier alpha value is -1.81. The predicted octanol–water partition coefficient (Wildman–Crippen LogP) is 3.93. The monoisotopic (exact) mass is 274 g/mol. The fourth-order valence-corrected chi connectivity index (χ4v) is 2.03. The first-order valence-corrected chi connectivity index (χ1v) is 7.09. The summed E-state index contributed by atoms with van der Waals surface area (Å²) >= 11 is 0. The van der Waals surface area contributed by atoms with E-state index < -0.39 is 0 Å². The fourth-order valence-electron chi connectivity index (χ4n) is 2.03. The zero-order valence-corrected chi connectivity index (χ0v) is 12.3.